The Kier molecular flexibility index (Phi) is 8.38. The third-order valence-electron chi connectivity index (χ3n) is 5.71. The van der Waals surface area contributed by atoms with E-state index >= 15 is 0 Å². The summed E-state index contributed by atoms with van der Waals surface area (Å²) in [5.41, 5.74) is 5.62. The maximum Gasteiger partial charge on any atom is 0.247 e. The van der Waals surface area contributed by atoms with E-state index in [9.17, 15) is 9.18 Å². The largest absolute Gasteiger partial charge is 0.491 e. The second-order valence-corrected chi connectivity index (χ2v) is 7.95. The van der Waals surface area contributed by atoms with Crippen molar-refractivity contribution in [2.45, 2.75) is 27.7 Å². The van der Waals surface area contributed by atoms with Gasteiger partial charge in [0.05, 0.1) is 12.8 Å². The number of ether oxygens (including phenoxy) is 2. The van der Waals surface area contributed by atoms with E-state index < -0.39 is 5.82 Å². The van der Waals surface area contributed by atoms with Crippen LogP contribution in [0.15, 0.2) is 43.1 Å². The van der Waals surface area contributed by atoms with Crippen LogP contribution in [-0.4, -0.2) is 36.2 Å². The van der Waals surface area contributed by atoms with Crippen LogP contribution in [-0.2, 0) is 9.53 Å². The van der Waals surface area contributed by atoms with Gasteiger partial charge in [-0.2, -0.15) is 4.98 Å². The Bertz CT molecular complexity index is 1230. The minimum Gasteiger partial charge on any atom is -0.491 e. The molecule has 8 nitrogen and oxygen atoms in total. The highest BCUT2D eigenvalue weighted by Crippen LogP contribution is 2.36. The molecule has 0 saturated carbocycles. The van der Waals surface area contributed by atoms with E-state index in [0.29, 0.717) is 30.3 Å². The van der Waals surface area contributed by atoms with Crippen molar-refractivity contribution in [3.63, 3.8) is 0 Å². The van der Waals surface area contributed by atoms with Crippen LogP contribution >= 0.6 is 0 Å². The van der Waals surface area contributed by atoms with Crippen molar-refractivity contribution >= 4 is 34.7 Å². The predicted molar refractivity (Wildman–Crippen MR) is 137 cm³/mol. The summed E-state index contributed by atoms with van der Waals surface area (Å²) in [6.45, 7) is 12.1. The molecule has 0 radical (unpaired) electrons. The zero-order valence-corrected chi connectivity index (χ0v) is 20.6. The van der Waals surface area contributed by atoms with Crippen molar-refractivity contribution in [2.75, 3.05) is 36.3 Å². The number of halogens is 1. The van der Waals surface area contributed by atoms with E-state index in [-0.39, 0.29) is 17.7 Å². The molecule has 0 spiro atoms. The average Bonchev–Trinajstić information content (AvgIpc) is 2.86. The zero-order valence-electron chi connectivity index (χ0n) is 20.6. The van der Waals surface area contributed by atoms with Crippen molar-refractivity contribution < 1.29 is 18.7 Å². The quantitative estimate of drug-likeness (QED) is 0.261. The maximum absolute atomic E-state index is 14.7. The molecule has 0 bridgehead atoms. The summed E-state index contributed by atoms with van der Waals surface area (Å²) in [4.78, 5) is 20.3. The molecule has 0 aliphatic rings. The molecular formula is C26H30FN5O3. The minimum absolute atomic E-state index is 0.0115. The van der Waals surface area contributed by atoms with Crippen molar-refractivity contribution in [1.29, 1.82) is 0 Å². The third-order valence-corrected chi connectivity index (χ3v) is 5.71. The van der Waals surface area contributed by atoms with Crippen LogP contribution in [0.25, 0.3) is 0 Å². The van der Waals surface area contributed by atoms with E-state index in [0.717, 1.165) is 34.1 Å². The van der Waals surface area contributed by atoms with Gasteiger partial charge in [-0.3, -0.25) is 4.79 Å². The van der Waals surface area contributed by atoms with Gasteiger partial charge in [-0.15, -0.1) is 0 Å². The molecule has 1 amide bonds. The number of anilines is 5. The maximum atomic E-state index is 14.7. The lowest BCUT2D eigenvalue weighted by Gasteiger charge is -2.21. The highest BCUT2D eigenvalue weighted by atomic mass is 19.1. The van der Waals surface area contributed by atoms with Crippen LogP contribution in [0.4, 0.5) is 33.2 Å². The van der Waals surface area contributed by atoms with Crippen LogP contribution < -0.4 is 20.7 Å². The Balaban J connectivity index is 1.86. The fourth-order valence-electron chi connectivity index (χ4n) is 3.53. The number of nitrogens with one attached hydrogen (secondary N) is 3. The first-order chi connectivity index (χ1) is 16.7. The molecule has 0 unspecified atom stereocenters. The van der Waals surface area contributed by atoms with Gasteiger partial charge in [0.25, 0.3) is 0 Å². The first-order valence-electron chi connectivity index (χ1n) is 11.1. The summed E-state index contributed by atoms with van der Waals surface area (Å²) < 4.78 is 25.2. The molecule has 35 heavy (non-hydrogen) atoms. The van der Waals surface area contributed by atoms with Gasteiger partial charge >= 0.3 is 0 Å². The first kappa shape index (κ1) is 25.6. The second kappa shape index (κ2) is 11.4. The summed E-state index contributed by atoms with van der Waals surface area (Å²) in [6.07, 6.45) is 2.31. The van der Waals surface area contributed by atoms with Crippen LogP contribution in [0.1, 0.15) is 22.3 Å². The lowest BCUT2D eigenvalue weighted by Crippen LogP contribution is -2.13. The smallest absolute Gasteiger partial charge is 0.247 e. The summed E-state index contributed by atoms with van der Waals surface area (Å²) >= 11 is 0. The predicted octanol–water partition coefficient (Wildman–Crippen LogP) is 5.49. The molecule has 9 heteroatoms. The third kappa shape index (κ3) is 6.13. The first-order valence-corrected chi connectivity index (χ1v) is 11.1. The van der Waals surface area contributed by atoms with Gasteiger partial charge < -0.3 is 25.4 Å². The van der Waals surface area contributed by atoms with E-state index in [4.69, 9.17) is 9.47 Å². The highest BCUT2D eigenvalue weighted by Gasteiger charge is 2.18. The molecule has 1 heterocycles. The van der Waals surface area contributed by atoms with Gasteiger partial charge in [0.15, 0.2) is 11.6 Å². The van der Waals surface area contributed by atoms with E-state index in [1.807, 2.05) is 52.0 Å². The molecule has 0 aliphatic heterocycles. The molecule has 0 fully saturated rings. The topological polar surface area (TPSA) is 97.4 Å². The van der Waals surface area contributed by atoms with Gasteiger partial charge in [0, 0.05) is 24.2 Å². The molecule has 3 rings (SSSR count). The Morgan fingerprint density at radius 2 is 1.69 bits per heavy atom. The molecule has 3 N–H and O–H groups in total. The van der Waals surface area contributed by atoms with Gasteiger partial charge in [0.2, 0.25) is 11.9 Å². The monoisotopic (exact) mass is 479 g/mol. The molecule has 0 aliphatic carbocycles. The van der Waals surface area contributed by atoms with Gasteiger partial charge in [-0.25, -0.2) is 9.37 Å². The number of aromatic nitrogens is 2. The standard InChI is InChI=1S/C26H30FN5O3/c1-7-22(33)30-23-16(3)15(2)17(4)24(18(23)5)31-25-21(27)14-28-26(32-25)29-19-8-10-20(11-9-19)35-13-12-34-6/h7-11,14H,1,12-13H2,2-6H3,(H,30,33)(H2,28,29,31,32). The van der Waals surface area contributed by atoms with Crippen molar-refractivity contribution in [1.82, 2.24) is 9.97 Å². The number of benzene rings is 2. The summed E-state index contributed by atoms with van der Waals surface area (Å²) in [6, 6.07) is 7.24. The van der Waals surface area contributed by atoms with Gasteiger partial charge in [-0.05, 0) is 80.3 Å². The molecule has 1 aromatic heterocycles. The minimum atomic E-state index is -0.605. The van der Waals surface area contributed by atoms with Crippen molar-refractivity contribution in [3.05, 3.63) is 71.2 Å². The molecule has 3 aromatic rings. The fraction of sp³-hybridized carbons (Fsp3) is 0.269. The molecule has 184 valence electrons. The number of hydrogen-bond donors (Lipinski definition) is 3. The highest BCUT2D eigenvalue weighted by molar-refractivity contribution is 6.01. The number of carbonyl (C=O) groups is 1. The number of carbonyl (C=O) groups excluding carboxylic acids is 1. The summed E-state index contributed by atoms with van der Waals surface area (Å²) in [5.74, 6) is 0.0140. The Hall–Kier alpha value is -3.98. The Labute approximate surface area is 204 Å². The van der Waals surface area contributed by atoms with Crippen LogP contribution in [0.5, 0.6) is 5.75 Å². The normalized spacial score (nSPS) is 10.6. The summed E-state index contributed by atoms with van der Waals surface area (Å²) in [7, 11) is 1.62. The summed E-state index contributed by atoms with van der Waals surface area (Å²) in [5, 5.41) is 9.02. The average molecular weight is 480 g/mol. The molecule has 2 aromatic carbocycles. The van der Waals surface area contributed by atoms with E-state index in [1.54, 1.807) is 7.11 Å². The van der Waals surface area contributed by atoms with E-state index in [1.165, 1.54) is 6.08 Å². The Morgan fingerprint density at radius 1 is 1.00 bits per heavy atom. The number of methoxy groups -OCH3 is 1. The lowest BCUT2D eigenvalue weighted by atomic mass is 9.95. The number of rotatable bonds is 10. The van der Waals surface area contributed by atoms with Gasteiger partial charge in [-0.1, -0.05) is 6.58 Å². The van der Waals surface area contributed by atoms with Gasteiger partial charge in [0.1, 0.15) is 12.4 Å². The molecule has 0 saturated heterocycles. The number of amides is 1. The van der Waals surface area contributed by atoms with E-state index in [2.05, 4.69) is 32.5 Å². The Morgan fingerprint density at radius 3 is 2.34 bits per heavy atom. The van der Waals surface area contributed by atoms with Crippen LogP contribution in [0, 0.1) is 33.5 Å². The second-order valence-electron chi connectivity index (χ2n) is 7.95. The molecular weight excluding hydrogens is 449 g/mol. The number of hydrogen-bond acceptors (Lipinski definition) is 7. The van der Waals surface area contributed by atoms with Crippen molar-refractivity contribution in [2.24, 2.45) is 0 Å². The number of nitrogens with zero attached hydrogens (tertiary/aromatic N) is 2. The fourth-order valence-corrected chi connectivity index (χ4v) is 3.53. The van der Waals surface area contributed by atoms with Crippen LogP contribution in [0.2, 0.25) is 0 Å². The van der Waals surface area contributed by atoms with Crippen molar-refractivity contribution in [3.8, 4) is 5.75 Å². The zero-order chi connectivity index (χ0) is 25.5. The SMILES string of the molecule is C=CC(=O)Nc1c(C)c(C)c(C)c(Nc2nc(Nc3ccc(OCCOC)cc3)ncc2F)c1C. The molecule has 0 atom stereocenters. The van der Waals surface area contributed by atoms with Crippen LogP contribution in [0.3, 0.4) is 0 Å². The lowest BCUT2D eigenvalue weighted by molar-refractivity contribution is -0.111.